The first-order valence-electron chi connectivity index (χ1n) is 7.73. The van der Waals surface area contributed by atoms with Gasteiger partial charge in [0.05, 0.1) is 18.3 Å². The summed E-state index contributed by atoms with van der Waals surface area (Å²) in [5.41, 5.74) is 0.782. The average Bonchev–Trinajstić information content (AvgIpc) is 3.25. The predicted molar refractivity (Wildman–Crippen MR) is 83.3 cm³/mol. The molecule has 8 heteroatoms. The standard InChI is InChI=1S/C16H18N4O4/c21-14(10-20-9-12(16(22)23)18-19-20)17-15(13-7-4-8-24-13)11-5-2-1-3-6-11/h1-3,5-6,9,13,15H,4,7-8,10H2,(H,17,21)(H,22,23). The minimum atomic E-state index is -1.18. The van der Waals surface area contributed by atoms with Crippen LogP contribution in [-0.2, 0) is 16.1 Å². The number of carbonyl (C=O) groups excluding carboxylic acids is 1. The minimum Gasteiger partial charge on any atom is -0.476 e. The molecule has 3 rings (SSSR count). The summed E-state index contributed by atoms with van der Waals surface area (Å²) in [5.74, 6) is -1.45. The molecule has 0 saturated carbocycles. The van der Waals surface area contributed by atoms with Crippen LogP contribution in [0.4, 0.5) is 0 Å². The zero-order valence-corrected chi connectivity index (χ0v) is 13.0. The molecule has 1 aliphatic rings. The number of hydrogen-bond donors (Lipinski definition) is 2. The number of nitrogens with zero attached hydrogens (tertiary/aromatic N) is 3. The summed E-state index contributed by atoms with van der Waals surface area (Å²) in [7, 11) is 0. The highest BCUT2D eigenvalue weighted by Crippen LogP contribution is 2.26. The van der Waals surface area contributed by atoms with E-state index >= 15 is 0 Å². The van der Waals surface area contributed by atoms with E-state index in [2.05, 4.69) is 15.6 Å². The molecule has 0 spiro atoms. The average molecular weight is 330 g/mol. The van der Waals surface area contributed by atoms with Gasteiger partial charge in [-0.2, -0.15) is 0 Å². The van der Waals surface area contributed by atoms with E-state index in [0.717, 1.165) is 18.4 Å². The lowest BCUT2D eigenvalue weighted by Gasteiger charge is -2.24. The number of carbonyl (C=O) groups is 2. The Balaban J connectivity index is 1.69. The number of benzene rings is 1. The van der Waals surface area contributed by atoms with Gasteiger partial charge in [-0.1, -0.05) is 35.5 Å². The molecule has 2 aromatic rings. The van der Waals surface area contributed by atoms with E-state index in [1.54, 1.807) is 0 Å². The zero-order valence-electron chi connectivity index (χ0n) is 13.0. The Morgan fingerprint density at radius 1 is 1.38 bits per heavy atom. The number of carboxylic acid groups (broad SMARTS) is 1. The highest BCUT2D eigenvalue weighted by Gasteiger charge is 2.28. The second kappa shape index (κ2) is 7.22. The summed E-state index contributed by atoms with van der Waals surface area (Å²) in [6, 6.07) is 9.40. The van der Waals surface area contributed by atoms with Crippen LogP contribution in [0, 0.1) is 0 Å². The molecule has 0 radical (unpaired) electrons. The van der Waals surface area contributed by atoms with Crippen molar-refractivity contribution in [2.75, 3.05) is 6.61 Å². The molecule has 0 bridgehead atoms. The molecule has 1 fully saturated rings. The van der Waals surface area contributed by atoms with Gasteiger partial charge in [0.15, 0.2) is 5.69 Å². The molecule has 1 amide bonds. The van der Waals surface area contributed by atoms with Crippen molar-refractivity contribution in [2.45, 2.75) is 31.5 Å². The number of nitrogens with one attached hydrogen (secondary N) is 1. The molecule has 0 aliphatic carbocycles. The van der Waals surface area contributed by atoms with Gasteiger partial charge in [0.2, 0.25) is 5.91 Å². The first kappa shape index (κ1) is 16.1. The molecule has 2 heterocycles. The highest BCUT2D eigenvalue weighted by molar-refractivity contribution is 5.84. The maximum absolute atomic E-state index is 12.3. The van der Waals surface area contributed by atoms with Gasteiger partial charge < -0.3 is 15.2 Å². The Morgan fingerprint density at radius 2 is 2.17 bits per heavy atom. The SMILES string of the molecule is O=C(Cn1cc(C(=O)O)nn1)NC(c1ccccc1)C1CCCO1. The third-order valence-corrected chi connectivity index (χ3v) is 3.88. The van der Waals surface area contributed by atoms with Gasteiger partial charge in [0.1, 0.15) is 6.54 Å². The van der Waals surface area contributed by atoms with Crippen LogP contribution < -0.4 is 5.32 Å². The summed E-state index contributed by atoms with van der Waals surface area (Å²) < 4.78 is 6.93. The van der Waals surface area contributed by atoms with Crippen LogP contribution in [0.5, 0.6) is 0 Å². The van der Waals surface area contributed by atoms with Crippen molar-refractivity contribution < 1.29 is 19.4 Å². The van der Waals surface area contributed by atoms with E-state index in [0.29, 0.717) is 6.61 Å². The number of rotatable bonds is 6. The molecule has 1 aliphatic heterocycles. The molecule has 2 atom stereocenters. The third kappa shape index (κ3) is 3.77. The van der Waals surface area contributed by atoms with E-state index in [4.69, 9.17) is 9.84 Å². The first-order valence-corrected chi connectivity index (χ1v) is 7.73. The van der Waals surface area contributed by atoms with Crippen molar-refractivity contribution in [3.05, 3.63) is 47.8 Å². The largest absolute Gasteiger partial charge is 0.476 e. The van der Waals surface area contributed by atoms with Gasteiger partial charge in [-0.15, -0.1) is 5.10 Å². The number of ether oxygens (including phenoxy) is 1. The Labute approximate surface area is 138 Å². The normalized spacial score (nSPS) is 18.2. The van der Waals surface area contributed by atoms with Gasteiger partial charge in [0, 0.05) is 6.61 Å². The van der Waals surface area contributed by atoms with Crippen LogP contribution in [0.3, 0.4) is 0 Å². The first-order chi connectivity index (χ1) is 11.6. The number of hydrogen-bond acceptors (Lipinski definition) is 5. The van der Waals surface area contributed by atoms with E-state index in [1.807, 2.05) is 30.3 Å². The van der Waals surface area contributed by atoms with Crippen molar-refractivity contribution >= 4 is 11.9 Å². The molecule has 8 nitrogen and oxygen atoms in total. The third-order valence-electron chi connectivity index (χ3n) is 3.88. The fraction of sp³-hybridized carbons (Fsp3) is 0.375. The summed E-state index contributed by atoms with van der Waals surface area (Å²) in [6.45, 7) is 0.589. The molecule has 1 aromatic carbocycles. The molecule has 126 valence electrons. The van der Waals surface area contributed by atoms with Crippen molar-refractivity contribution in [3.63, 3.8) is 0 Å². The lowest BCUT2D eigenvalue weighted by molar-refractivity contribution is -0.123. The molecule has 2 unspecified atom stereocenters. The molecule has 24 heavy (non-hydrogen) atoms. The summed E-state index contributed by atoms with van der Waals surface area (Å²) in [5, 5.41) is 18.9. The molecular weight excluding hydrogens is 312 g/mol. The second-order valence-corrected chi connectivity index (χ2v) is 5.61. The second-order valence-electron chi connectivity index (χ2n) is 5.61. The van der Waals surface area contributed by atoms with Gasteiger partial charge in [-0.3, -0.25) is 4.79 Å². The van der Waals surface area contributed by atoms with Crippen molar-refractivity contribution in [1.82, 2.24) is 20.3 Å². The fourth-order valence-corrected chi connectivity index (χ4v) is 2.76. The topological polar surface area (TPSA) is 106 Å². The monoisotopic (exact) mass is 330 g/mol. The molecule has 1 aromatic heterocycles. The Bertz CT molecular complexity index is 710. The van der Waals surface area contributed by atoms with Gasteiger partial charge >= 0.3 is 5.97 Å². The molecule has 2 N–H and O–H groups in total. The van der Waals surface area contributed by atoms with E-state index in [-0.39, 0.29) is 30.3 Å². The fourth-order valence-electron chi connectivity index (χ4n) is 2.76. The number of amides is 1. The van der Waals surface area contributed by atoms with Crippen LogP contribution >= 0.6 is 0 Å². The van der Waals surface area contributed by atoms with Crippen molar-refractivity contribution in [2.24, 2.45) is 0 Å². The predicted octanol–water partition coefficient (Wildman–Crippen LogP) is 1.01. The summed E-state index contributed by atoms with van der Waals surface area (Å²) >= 11 is 0. The van der Waals surface area contributed by atoms with Gasteiger partial charge in [0.25, 0.3) is 0 Å². The van der Waals surface area contributed by atoms with Crippen LogP contribution in [-0.4, -0.2) is 44.7 Å². The quantitative estimate of drug-likeness (QED) is 0.819. The highest BCUT2D eigenvalue weighted by atomic mass is 16.5. The number of aromatic nitrogens is 3. The number of aromatic carboxylic acids is 1. The van der Waals surface area contributed by atoms with Crippen LogP contribution in [0.25, 0.3) is 0 Å². The van der Waals surface area contributed by atoms with Crippen LogP contribution in [0.1, 0.15) is 34.9 Å². The van der Waals surface area contributed by atoms with Crippen molar-refractivity contribution in [1.29, 1.82) is 0 Å². The van der Waals surface area contributed by atoms with Crippen LogP contribution in [0.15, 0.2) is 36.5 Å². The smallest absolute Gasteiger partial charge is 0.358 e. The Morgan fingerprint density at radius 3 is 2.79 bits per heavy atom. The minimum absolute atomic E-state index is 0.0679. The van der Waals surface area contributed by atoms with E-state index in [9.17, 15) is 9.59 Å². The molecular formula is C16H18N4O4. The van der Waals surface area contributed by atoms with E-state index in [1.165, 1.54) is 10.9 Å². The Kier molecular flexibility index (Phi) is 4.85. The summed E-state index contributed by atoms with van der Waals surface area (Å²) in [4.78, 5) is 23.1. The van der Waals surface area contributed by atoms with Crippen LogP contribution in [0.2, 0.25) is 0 Å². The van der Waals surface area contributed by atoms with Gasteiger partial charge in [-0.05, 0) is 18.4 Å². The van der Waals surface area contributed by atoms with Crippen molar-refractivity contribution in [3.8, 4) is 0 Å². The number of carboxylic acids is 1. The Hall–Kier alpha value is -2.74. The lowest BCUT2D eigenvalue weighted by atomic mass is 9.99. The zero-order chi connectivity index (χ0) is 16.9. The maximum Gasteiger partial charge on any atom is 0.358 e. The lowest BCUT2D eigenvalue weighted by Crippen LogP contribution is -2.38. The maximum atomic E-state index is 12.3. The summed E-state index contributed by atoms with van der Waals surface area (Å²) in [6.07, 6.45) is 3.01. The van der Waals surface area contributed by atoms with E-state index < -0.39 is 5.97 Å². The van der Waals surface area contributed by atoms with Gasteiger partial charge in [-0.25, -0.2) is 9.48 Å². The molecule has 1 saturated heterocycles.